The van der Waals surface area contributed by atoms with Gasteiger partial charge in [0.1, 0.15) is 6.07 Å². The summed E-state index contributed by atoms with van der Waals surface area (Å²) < 4.78 is 27.9. The summed E-state index contributed by atoms with van der Waals surface area (Å²) in [5.74, 6) is -0.639. The number of alkyl halides is 2. The first kappa shape index (κ1) is 12.5. The summed E-state index contributed by atoms with van der Waals surface area (Å²) >= 11 is 0. The fourth-order valence-corrected chi connectivity index (χ4v) is 1.18. The van der Waals surface area contributed by atoms with Crippen molar-refractivity contribution in [2.75, 3.05) is 0 Å². The van der Waals surface area contributed by atoms with Crippen molar-refractivity contribution < 1.29 is 23.2 Å². The molecule has 0 heterocycles. The third-order valence-corrected chi connectivity index (χ3v) is 1.81. The van der Waals surface area contributed by atoms with Gasteiger partial charge in [-0.05, 0) is 12.1 Å². The molecule has 0 aliphatic heterocycles. The molecule has 0 atom stereocenters. The fraction of sp³-hybridized carbons (Fsp3) is 0.111. The number of rotatable bonds is 4. The van der Waals surface area contributed by atoms with Crippen molar-refractivity contribution in [2.45, 2.75) is 6.61 Å². The van der Waals surface area contributed by atoms with E-state index in [-0.39, 0.29) is 11.8 Å². The second-order valence-corrected chi connectivity index (χ2v) is 2.74. The summed E-state index contributed by atoms with van der Waals surface area (Å²) in [6.07, 6.45) is 0.158. The Balaban J connectivity index is 3.47. The number of carbonyl (C=O) groups excluding carboxylic acids is 1. The monoisotopic (exact) mass is 242 g/mol. The quantitative estimate of drug-likeness (QED) is 0.456. The van der Waals surface area contributed by atoms with Gasteiger partial charge < -0.3 is 4.74 Å². The molecule has 0 radical (unpaired) electrons. The van der Waals surface area contributed by atoms with Crippen LogP contribution in [0.2, 0.25) is 0 Å². The molecule has 0 aliphatic rings. The molecule has 0 amide bonds. The van der Waals surface area contributed by atoms with Gasteiger partial charge in [-0.3, -0.25) is 14.9 Å². The minimum Gasteiger partial charge on any atom is -0.433 e. The Labute approximate surface area is 93.2 Å². The predicted molar refractivity (Wildman–Crippen MR) is 49.8 cm³/mol. The number of nitro groups is 1. The zero-order valence-electron chi connectivity index (χ0n) is 8.09. The smallest absolute Gasteiger partial charge is 0.387 e. The maximum Gasteiger partial charge on any atom is 0.387 e. The summed E-state index contributed by atoms with van der Waals surface area (Å²) in [6, 6.07) is 3.21. The molecule has 0 saturated heterocycles. The minimum absolute atomic E-state index is 0.158. The second-order valence-electron chi connectivity index (χ2n) is 2.74. The number of halogens is 2. The van der Waals surface area contributed by atoms with Crippen LogP contribution in [0, 0.1) is 21.4 Å². The van der Waals surface area contributed by atoms with Crippen LogP contribution >= 0.6 is 0 Å². The van der Waals surface area contributed by atoms with Gasteiger partial charge >= 0.3 is 12.3 Å². The first-order valence-corrected chi connectivity index (χ1v) is 4.12. The molecule has 17 heavy (non-hydrogen) atoms. The summed E-state index contributed by atoms with van der Waals surface area (Å²) in [6.45, 7) is -3.22. The lowest BCUT2D eigenvalue weighted by molar-refractivity contribution is -0.385. The van der Waals surface area contributed by atoms with Gasteiger partial charge in [0.15, 0.2) is 17.6 Å². The molecule has 1 aromatic carbocycles. The molecular weight excluding hydrogens is 238 g/mol. The zero-order valence-corrected chi connectivity index (χ0v) is 8.09. The van der Waals surface area contributed by atoms with Crippen molar-refractivity contribution in [3.05, 3.63) is 33.4 Å². The maximum absolute atomic E-state index is 12.0. The number of benzene rings is 1. The Morgan fingerprint density at radius 2 is 2.18 bits per heavy atom. The number of ether oxygens (including phenoxy) is 1. The Morgan fingerprint density at radius 3 is 2.59 bits per heavy atom. The summed E-state index contributed by atoms with van der Waals surface area (Å²) in [5, 5.41) is 19.3. The number of hydrogen-bond donors (Lipinski definition) is 0. The average molecular weight is 242 g/mol. The molecule has 1 rings (SSSR count). The van der Waals surface area contributed by atoms with Crippen molar-refractivity contribution in [1.29, 1.82) is 5.26 Å². The molecule has 0 bridgehead atoms. The van der Waals surface area contributed by atoms with E-state index < -0.39 is 28.5 Å². The van der Waals surface area contributed by atoms with Crippen molar-refractivity contribution in [3.8, 4) is 11.8 Å². The van der Waals surface area contributed by atoms with Crippen LogP contribution in [0.1, 0.15) is 15.9 Å². The number of nitro benzene ring substituents is 1. The topological polar surface area (TPSA) is 93.2 Å². The highest BCUT2D eigenvalue weighted by molar-refractivity contribution is 5.84. The van der Waals surface area contributed by atoms with Gasteiger partial charge in [0.2, 0.25) is 0 Å². The molecule has 6 nitrogen and oxygen atoms in total. The van der Waals surface area contributed by atoms with E-state index in [1.807, 2.05) is 0 Å². The van der Waals surface area contributed by atoms with Gasteiger partial charge in [0.25, 0.3) is 0 Å². The first-order chi connectivity index (χ1) is 8.01. The molecule has 0 spiro atoms. The summed E-state index contributed by atoms with van der Waals surface area (Å²) in [7, 11) is 0. The van der Waals surface area contributed by atoms with Crippen molar-refractivity contribution in [2.24, 2.45) is 0 Å². The second kappa shape index (κ2) is 4.98. The molecule has 0 unspecified atom stereocenters. The first-order valence-electron chi connectivity index (χ1n) is 4.12. The SMILES string of the molecule is N#Cc1c(OC(F)F)ccc(C=O)c1[N+](=O)[O-]. The maximum atomic E-state index is 12.0. The van der Waals surface area contributed by atoms with Crippen LogP contribution in [0.4, 0.5) is 14.5 Å². The molecular formula is C9H4F2N2O4. The van der Waals surface area contributed by atoms with E-state index in [1.165, 1.54) is 6.07 Å². The largest absolute Gasteiger partial charge is 0.433 e. The van der Waals surface area contributed by atoms with Crippen molar-refractivity contribution >= 4 is 12.0 Å². The lowest BCUT2D eigenvalue weighted by Gasteiger charge is -2.07. The number of nitriles is 1. The van der Waals surface area contributed by atoms with Crippen LogP contribution < -0.4 is 4.74 Å². The molecule has 8 heteroatoms. The highest BCUT2D eigenvalue weighted by Gasteiger charge is 2.25. The molecule has 0 aromatic heterocycles. The Morgan fingerprint density at radius 1 is 1.53 bits per heavy atom. The van der Waals surface area contributed by atoms with Gasteiger partial charge in [0.05, 0.1) is 10.5 Å². The van der Waals surface area contributed by atoms with Crippen LogP contribution in [0.5, 0.6) is 5.75 Å². The van der Waals surface area contributed by atoms with E-state index in [0.29, 0.717) is 0 Å². The zero-order chi connectivity index (χ0) is 13.0. The van der Waals surface area contributed by atoms with Crippen molar-refractivity contribution in [3.63, 3.8) is 0 Å². The third-order valence-electron chi connectivity index (χ3n) is 1.81. The summed E-state index contributed by atoms with van der Waals surface area (Å²) in [4.78, 5) is 20.2. The van der Waals surface area contributed by atoms with E-state index in [4.69, 9.17) is 5.26 Å². The van der Waals surface area contributed by atoms with E-state index in [1.54, 1.807) is 0 Å². The fourth-order valence-electron chi connectivity index (χ4n) is 1.18. The third kappa shape index (κ3) is 2.52. The lowest BCUT2D eigenvalue weighted by atomic mass is 10.1. The standard InChI is InChI=1S/C9H4F2N2O4/c10-9(11)17-7-2-1-5(4-14)8(13(15)16)6(7)3-12/h1-2,4,9H. The highest BCUT2D eigenvalue weighted by atomic mass is 19.3. The Kier molecular flexibility index (Phi) is 3.66. The number of hydrogen-bond acceptors (Lipinski definition) is 5. The predicted octanol–water partition coefficient (Wildman–Crippen LogP) is 1.88. The van der Waals surface area contributed by atoms with Crippen LogP contribution in [0.3, 0.4) is 0 Å². The number of nitrogens with zero attached hydrogens (tertiary/aromatic N) is 2. The Bertz CT molecular complexity index is 510. The highest BCUT2D eigenvalue weighted by Crippen LogP contribution is 2.31. The van der Waals surface area contributed by atoms with Gasteiger partial charge in [-0.25, -0.2) is 0 Å². The van der Waals surface area contributed by atoms with E-state index in [0.717, 1.165) is 12.1 Å². The normalized spacial score (nSPS) is 9.76. The van der Waals surface area contributed by atoms with Crippen molar-refractivity contribution in [1.82, 2.24) is 0 Å². The van der Waals surface area contributed by atoms with E-state index in [2.05, 4.69) is 4.74 Å². The van der Waals surface area contributed by atoms with Crippen LogP contribution in [-0.2, 0) is 0 Å². The van der Waals surface area contributed by atoms with Gasteiger partial charge in [-0.1, -0.05) is 0 Å². The lowest BCUT2D eigenvalue weighted by Crippen LogP contribution is -2.06. The van der Waals surface area contributed by atoms with Gasteiger partial charge in [-0.2, -0.15) is 14.0 Å². The van der Waals surface area contributed by atoms with E-state index >= 15 is 0 Å². The average Bonchev–Trinajstić information content (AvgIpc) is 2.27. The molecule has 0 saturated carbocycles. The van der Waals surface area contributed by atoms with Crippen LogP contribution in [-0.4, -0.2) is 17.8 Å². The molecule has 0 fully saturated rings. The molecule has 0 aliphatic carbocycles. The summed E-state index contributed by atoms with van der Waals surface area (Å²) in [5.41, 5.74) is -1.94. The molecule has 0 N–H and O–H groups in total. The number of carbonyl (C=O) groups is 1. The molecule has 88 valence electrons. The molecule has 1 aromatic rings. The van der Waals surface area contributed by atoms with E-state index in [9.17, 15) is 23.7 Å². The van der Waals surface area contributed by atoms with Crippen LogP contribution in [0.25, 0.3) is 0 Å². The minimum atomic E-state index is -3.22. The Hall–Kier alpha value is -2.56. The van der Waals surface area contributed by atoms with Crippen LogP contribution in [0.15, 0.2) is 12.1 Å². The van der Waals surface area contributed by atoms with Gasteiger partial charge in [0, 0.05) is 0 Å². The van der Waals surface area contributed by atoms with Gasteiger partial charge in [-0.15, -0.1) is 0 Å². The number of aldehydes is 1.